The van der Waals surface area contributed by atoms with E-state index in [1.807, 2.05) is 43.3 Å². The fourth-order valence-electron chi connectivity index (χ4n) is 3.34. The molecule has 0 N–H and O–H groups in total. The third-order valence-corrected chi connectivity index (χ3v) is 4.85. The maximum Gasteiger partial charge on any atom is 0.232 e. The maximum absolute atomic E-state index is 12.5. The molecular weight excluding hydrogens is 326 g/mol. The molecule has 132 valence electrons. The highest BCUT2D eigenvalue weighted by molar-refractivity contribution is 5.96. The smallest absolute Gasteiger partial charge is 0.232 e. The van der Waals surface area contributed by atoms with Crippen molar-refractivity contribution in [1.29, 1.82) is 0 Å². The molecule has 5 heteroatoms. The highest BCUT2D eigenvalue weighted by atomic mass is 16.5. The van der Waals surface area contributed by atoms with Crippen molar-refractivity contribution in [2.24, 2.45) is 0 Å². The normalized spacial score (nSPS) is 17.1. The number of anilines is 1. The third-order valence-electron chi connectivity index (χ3n) is 4.85. The van der Waals surface area contributed by atoms with E-state index in [1.54, 1.807) is 4.90 Å². The van der Waals surface area contributed by atoms with E-state index in [1.165, 1.54) is 5.56 Å². The van der Waals surface area contributed by atoms with Crippen molar-refractivity contribution < 1.29 is 9.32 Å². The average Bonchev–Trinajstić information content (AvgIpc) is 3.29. The van der Waals surface area contributed by atoms with Crippen molar-refractivity contribution in [3.63, 3.8) is 0 Å². The molecular formula is C21H21N3O2. The lowest BCUT2D eigenvalue weighted by atomic mass is 10.1. The zero-order chi connectivity index (χ0) is 18.1. The second-order valence-corrected chi connectivity index (χ2v) is 6.75. The van der Waals surface area contributed by atoms with Crippen LogP contribution in [0.5, 0.6) is 0 Å². The Hall–Kier alpha value is -2.95. The molecule has 2 heterocycles. The molecule has 0 spiro atoms. The summed E-state index contributed by atoms with van der Waals surface area (Å²) < 4.78 is 5.47. The summed E-state index contributed by atoms with van der Waals surface area (Å²) in [5.74, 6) is 1.12. The van der Waals surface area contributed by atoms with Gasteiger partial charge < -0.3 is 9.42 Å². The van der Waals surface area contributed by atoms with Crippen LogP contribution in [0.3, 0.4) is 0 Å². The molecule has 1 aromatic heterocycles. The molecule has 26 heavy (non-hydrogen) atoms. The van der Waals surface area contributed by atoms with E-state index in [9.17, 15) is 4.79 Å². The fourth-order valence-corrected chi connectivity index (χ4v) is 3.34. The Bertz CT molecular complexity index is 930. The predicted octanol–water partition coefficient (Wildman–Crippen LogP) is 4.13. The summed E-state index contributed by atoms with van der Waals surface area (Å²) in [5.41, 5.74) is 4.26. The van der Waals surface area contributed by atoms with Gasteiger partial charge in [0.2, 0.25) is 17.6 Å². The molecule has 4 rings (SSSR count). The quantitative estimate of drug-likeness (QED) is 0.712. The summed E-state index contributed by atoms with van der Waals surface area (Å²) in [7, 11) is 0. The van der Waals surface area contributed by atoms with E-state index in [0.29, 0.717) is 24.7 Å². The molecule has 1 saturated heterocycles. The Morgan fingerprint density at radius 3 is 2.73 bits per heavy atom. The minimum absolute atomic E-state index is 0.0700. The van der Waals surface area contributed by atoms with Crippen molar-refractivity contribution in [2.45, 2.75) is 32.6 Å². The molecule has 2 aromatic carbocycles. The summed E-state index contributed by atoms with van der Waals surface area (Å²) in [6, 6.07) is 16.1. The van der Waals surface area contributed by atoms with Crippen LogP contribution in [0.4, 0.5) is 5.69 Å². The molecule has 0 saturated carbocycles. The molecule has 3 aromatic rings. The molecule has 1 unspecified atom stereocenters. The van der Waals surface area contributed by atoms with Crippen LogP contribution < -0.4 is 4.90 Å². The van der Waals surface area contributed by atoms with E-state index in [-0.39, 0.29) is 11.8 Å². The van der Waals surface area contributed by atoms with Crippen LogP contribution in [0.2, 0.25) is 0 Å². The van der Waals surface area contributed by atoms with Gasteiger partial charge in [0.25, 0.3) is 0 Å². The zero-order valence-corrected chi connectivity index (χ0v) is 15.0. The first-order valence-corrected chi connectivity index (χ1v) is 8.94. The van der Waals surface area contributed by atoms with E-state index in [4.69, 9.17) is 4.52 Å². The zero-order valence-electron chi connectivity index (χ0n) is 15.0. The van der Waals surface area contributed by atoms with Crippen LogP contribution in [-0.2, 0) is 11.2 Å². The Kier molecular flexibility index (Phi) is 4.29. The first-order valence-electron chi connectivity index (χ1n) is 8.94. The van der Waals surface area contributed by atoms with Crippen molar-refractivity contribution in [3.8, 4) is 11.4 Å². The first-order chi connectivity index (χ1) is 12.6. The van der Waals surface area contributed by atoms with Crippen LogP contribution in [0.15, 0.2) is 53.1 Å². The van der Waals surface area contributed by atoms with Crippen LogP contribution in [0.1, 0.15) is 36.3 Å². The van der Waals surface area contributed by atoms with Gasteiger partial charge >= 0.3 is 0 Å². The van der Waals surface area contributed by atoms with Crippen molar-refractivity contribution in [2.75, 3.05) is 11.4 Å². The van der Waals surface area contributed by atoms with Gasteiger partial charge in [-0.2, -0.15) is 4.98 Å². The molecule has 1 aliphatic heterocycles. The van der Waals surface area contributed by atoms with Crippen LogP contribution in [0, 0.1) is 6.92 Å². The van der Waals surface area contributed by atoms with Gasteiger partial charge in [-0.3, -0.25) is 4.79 Å². The van der Waals surface area contributed by atoms with Crippen molar-refractivity contribution >= 4 is 11.6 Å². The minimum atomic E-state index is -0.0700. The van der Waals surface area contributed by atoms with E-state index in [2.05, 4.69) is 29.2 Å². The third kappa shape index (κ3) is 3.12. The monoisotopic (exact) mass is 347 g/mol. The second kappa shape index (κ2) is 6.75. The Balaban J connectivity index is 1.53. The number of hydrogen-bond donors (Lipinski definition) is 0. The van der Waals surface area contributed by atoms with Crippen LogP contribution in [0.25, 0.3) is 11.4 Å². The minimum Gasteiger partial charge on any atom is -0.339 e. The lowest BCUT2D eigenvalue weighted by Crippen LogP contribution is -2.24. The number of nitrogens with zero attached hydrogens (tertiary/aromatic N) is 3. The summed E-state index contributed by atoms with van der Waals surface area (Å²) in [5, 5.41) is 4.10. The molecule has 1 fully saturated rings. The Morgan fingerprint density at radius 2 is 2.00 bits per heavy atom. The molecule has 1 aliphatic rings. The number of amides is 1. The van der Waals surface area contributed by atoms with E-state index >= 15 is 0 Å². The van der Waals surface area contributed by atoms with E-state index in [0.717, 1.165) is 23.2 Å². The number of carbonyl (C=O) groups excluding carboxylic acids is 1. The number of carbonyl (C=O) groups is 1. The highest BCUT2D eigenvalue weighted by Gasteiger charge is 2.35. The van der Waals surface area contributed by atoms with Gasteiger partial charge in [0, 0.05) is 24.2 Å². The second-order valence-electron chi connectivity index (χ2n) is 6.75. The highest BCUT2D eigenvalue weighted by Crippen LogP contribution is 2.32. The summed E-state index contributed by atoms with van der Waals surface area (Å²) in [6.07, 6.45) is 1.38. The van der Waals surface area contributed by atoms with Gasteiger partial charge in [0.05, 0.1) is 5.92 Å². The molecule has 1 atom stereocenters. The fraction of sp³-hybridized carbons (Fsp3) is 0.286. The maximum atomic E-state index is 12.5. The Labute approximate surface area is 152 Å². The summed E-state index contributed by atoms with van der Waals surface area (Å²) in [4.78, 5) is 18.8. The number of aromatic nitrogens is 2. The van der Waals surface area contributed by atoms with E-state index < -0.39 is 0 Å². The van der Waals surface area contributed by atoms with Gasteiger partial charge in [-0.05, 0) is 37.1 Å². The lowest BCUT2D eigenvalue weighted by molar-refractivity contribution is -0.117. The summed E-state index contributed by atoms with van der Waals surface area (Å²) in [6.45, 7) is 4.72. The predicted molar refractivity (Wildman–Crippen MR) is 100 cm³/mol. The first kappa shape index (κ1) is 16.5. The van der Waals surface area contributed by atoms with Gasteiger partial charge in [0.1, 0.15) is 0 Å². The Morgan fingerprint density at radius 1 is 1.19 bits per heavy atom. The molecule has 0 bridgehead atoms. The van der Waals surface area contributed by atoms with Gasteiger partial charge in [-0.15, -0.1) is 0 Å². The summed E-state index contributed by atoms with van der Waals surface area (Å²) >= 11 is 0. The number of rotatable bonds is 4. The molecule has 1 amide bonds. The lowest BCUT2D eigenvalue weighted by Gasteiger charge is -2.16. The number of hydrogen-bond acceptors (Lipinski definition) is 4. The average molecular weight is 347 g/mol. The number of aryl methyl sites for hydroxylation is 2. The molecule has 0 radical (unpaired) electrons. The molecule has 5 nitrogen and oxygen atoms in total. The van der Waals surface area contributed by atoms with Crippen LogP contribution >= 0.6 is 0 Å². The van der Waals surface area contributed by atoms with Crippen LogP contribution in [-0.4, -0.2) is 22.6 Å². The standard InChI is InChI=1S/C21H21N3O2/c1-3-15-7-9-18(10-8-15)24-13-17(12-19(24)25)21-22-20(23-26-21)16-6-4-5-14(2)11-16/h4-11,17H,3,12-13H2,1-2H3. The van der Waals surface area contributed by atoms with Crippen molar-refractivity contribution in [3.05, 3.63) is 65.5 Å². The van der Waals surface area contributed by atoms with Gasteiger partial charge in [-0.1, -0.05) is 48.0 Å². The largest absolute Gasteiger partial charge is 0.339 e. The van der Waals surface area contributed by atoms with Crippen molar-refractivity contribution in [1.82, 2.24) is 10.1 Å². The SMILES string of the molecule is CCc1ccc(N2CC(c3nc(-c4cccc(C)c4)no3)CC2=O)cc1. The topological polar surface area (TPSA) is 59.2 Å². The molecule has 0 aliphatic carbocycles. The van der Waals surface area contributed by atoms with Gasteiger partial charge in [-0.25, -0.2) is 0 Å². The van der Waals surface area contributed by atoms with Gasteiger partial charge in [0.15, 0.2) is 0 Å². The number of benzene rings is 2.